The topological polar surface area (TPSA) is 12.0 Å². The minimum absolute atomic E-state index is 0.223. The molecule has 0 aliphatic rings. The minimum Gasteiger partial charge on any atom is -0.319 e. The van der Waals surface area contributed by atoms with Gasteiger partial charge in [-0.15, -0.1) is 0 Å². The highest BCUT2D eigenvalue weighted by Gasteiger charge is 2.17. The van der Waals surface area contributed by atoms with E-state index in [1.165, 1.54) is 6.07 Å². The summed E-state index contributed by atoms with van der Waals surface area (Å²) < 4.78 is 13.3. The summed E-state index contributed by atoms with van der Waals surface area (Å²) in [5, 5.41) is 3.72. The summed E-state index contributed by atoms with van der Waals surface area (Å²) in [6.07, 6.45) is 1.91. The summed E-state index contributed by atoms with van der Waals surface area (Å²) in [5.41, 5.74) is 1.92. The van der Waals surface area contributed by atoms with Gasteiger partial charge in [-0.1, -0.05) is 31.5 Å². The monoisotopic (exact) mass is 257 g/mol. The number of halogens is 2. The van der Waals surface area contributed by atoms with Crippen LogP contribution in [0.5, 0.6) is 0 Å². The van der Waals surface area contributed by atoms with E-state index in [0.717, 1.165) is 24.9 Å². The van der Waals surface area contributed by atoms with Gasteiger partial charge in [-0.2, -0.15) is 0 Å². The first-order chi connectivity index (χ1) is 7.85. The van der Waals surface area contributed by atoms with Gasteiger partial charge in [-0.25, -0.2) is 4.39 Å². The van der Waals surface area contributed by atoms with Crippen LogP contribution in [0.1, 0.15) is 31.4 Å². The lowest BCUT2D eigenvalue weighted by Gasteiger charge is -2.24. The molecule has 0 heterocycles. The quantitative estimate of drug-likeness (QED) is 0.842. The van der Waals surface area contributed by atoms with Crippen molar-refractivity contribution in [3.8, 4) is 0 Å². The van der Waals surface area contributed by atoms with Crippen LogP contribution < -0.4 is 5.32 Å². The molecule has 0 atom stereocenters. The highest BCUT2D eigenvalue weighted by atomic mass is 35.5. The summed E-state index contributed by atoms with van der Waals surface area (Å²) in [6, 6.07) is 3.27. The molecule has 0 radical (unpaired) electrons. The van der Waals surface area contributed by atoms with E-state index in [1.807, 2.05) is 13.1 Å². The summed E-state index contributed by atoms with van der Waals surface area (Å²) >= 11 is 6.05. The summed E-state index contributed by atoms with van der Waals surface area (Å²) in [4.78, 5) is 0. The SMILES string of the molecule is CNCC(C)(C)CCc1cc(C)c(F)cc1Cl. The van der Waals surface area contributed by atoms with Crippen LogP contribution >= 0.6 is 11.6 Å². The normalized spacial score (nSPS) is 11.9. The van der Waals surface area contributed by atoms with Crippen molar-refractivity contribution in [1.82, 2.24) is 5.32 Å². The van der Waals surface area contributed by atoms with Crippen molar-refractivity contribution in [2.24, 2.45) is 5.41 Å². The molecule has 1 N–H and O–H groups in total. The van der Waals surface area contributed by atoms with Gasteiger partial charge in [-0.05, 0) is 56.0 Å². The smallest absolute Gasteiger partial charge is 0.127 e. The molecule has 1 nitrogen and oxygen atoms in total. The molecule has 0 bridgehead atoms. The van der Waals surface area contributed by atoms with E-state index in [0.29, 0.717) is 10.6 Å². The van der Waals surface area contributed by atoms with Gasteiger partial charge in [0.05, 0.1) is 0 Å². The third kappa shape index (κ3) is 4.29. The van der Waals surface area contributed by atoms with Gasteiger partial charge in [0.2, 0.25) is 0 Å². The van der Waals surface area contributed by atoms with Gasteiger partial charge in [0.1, 0.15) is 5.82 Å². The molecule has 0 aliphatic heterocycles. The molecule has 0 unspecified atom stereocenters. The van der Waals surface area contributed by atoms with Crippen LogP contribution in [0.3, 0.4) is 0 Å². The Morgan fingerprint density at radius 3 is 2.59 bits per heavy atom. The molecule has 1 aromatic rings. The molecular weight excluding hydrogens is 237 g/mol. The zero-order chi connectivity index (χ0) is 13.1. The fourth-order valence-corrected chi connectivity index (χ4v) is 2.19. The second-order valence-electron chi connectivity index (χ2n) is 5.39. The Morgan fingerprint density at radius 2 is 2.00 bits per heavy atom. The van der Waals surface area contributed by atoms with Crippen LogP contribution in [0.2, 0.25) is 5.02 Å². The van der Waals surface area contributed by atoms with Crippen LogP contribution in [0.15, 0.2) is 12.1 Å². The summed E-state index contributed by atoms with van der Waals surface area (Å²) in [7, 11) is 1.96. The minimum atomic E-state index is -0.228. The first kappa shape index (κ1) is 14.5. The van der Waals surface area contributed by atoms with Crippen LogP contribution in [0, 0.1) is 18.2 Å². The second-order valence-corrected chi connectivity index (χ2v) is 5.79. The molecule has 0 saturated carbocycles. The van der Waals surface area contributed by atoms with Gasteiger partial charge < -0.3 is 5.32 Å². The molecular formula is C14H21ClFN. The van der Waals surface area contributed by atoms with E-state index in [9.17, 15) is 4.39 Å². The highest BCUT2D eigenvalue weighted by molar-refractivity contribution is 6.31. The maximum atomic E-state index is 13.3. The van der Waals surface area contributed by atoms with Gasteiger partial charge in [0.25, 0.3) is 0 Å². The highest BCUT2D eigenvalue weighted by Crippen LogP contribution is 2.26. The molecule has 96 valence electrons. The number of benzene rings is 1. The fourth-order valence-electron chi connectivity index (χ4n) is 1.95. The van der Waals surface area contributed by atoms with Crippen molar-refractivity contribution in [2.45, 2.75) is 33.6 Å². The average molecular weight is 258 g/mol. The Morgan fingerprint density at radius 1 is 1.35 bits per heavy atom. The van der Waals surface area contributed by atoms with Crippen LogP contribution in [0.4, 0.5) is 4.39 Å². The fraction of sp³-hybridized carbons (Fsp3) is 0.571. The first-order valence-corrected chi connectivity index (χ1v) is 6.32. The predicted octanol–water partition coefficient (Wildman–Crippen LogP) is 3.97. The summed E-state index contributed by atoms with van der Waals surface area (Å²) in [5.74, 6) is -0.228. The number of nitrogens with one attached hydrogen (secondary N) is 1. The Balaban J connectivity index is 2.73. The molecule has 1 aromatic carbocycles. The molecule has 0 aliphatic carbocycles. The van der Waals surface area contributed by atoms with Gasteiger partial charge in [-0.3, -0.25) is 0 Å². The molecule has 0 saturated heterocycles. The van der Waals surface area contributed by atoms with Crippen molar-refractivity contribution in [1.29, 1.82) is 0 Å². The Hall–Kier alpha value is -0.600. The molecule has 3 heteroatoms. The molecule has 17 heavy (non-hydrogen) atoms. The zero-order valence-corrected chi connectivity index (χ0v) is 11.8. The van der Waals surface area contributed by atoms with E-state index < -0.39 is 0 Å². The lowest BCUT2D eigenvalue weighted by atomic mass is 9.86. The van der Waals surface area contributed by atoms with E-state index >= 15 is 0 Å². The van der Waals surface area contributed by atoms with Crippen LogP contribution in [0.25, 0.3) is 0 Å². The molecule has 0 aromatic heterocycles. The second kappa shape index (κ2) is 5.83. The third-order valence-corrected chi connectivity index (χ3v) is 3.41. The Labute approximate surface area is 108 Å². The summed E-state index contributed by atoms with van der Waals surface area (Å²) in [6.45, 7) is 7.17. The van der Waals surface area contributed by atoms with Crippen LogP contribution in [-0.4, -0.2) is 13.6 Å². The van der Waals surface area contributed by atoms with Gasteiger partial charge in [0.15, 0.2) is 0 Å². The van der Waals surface area contributed by atoms with E-state index in [1.54, 1.807) is 6.92 Å². The maximum absolute atomic E-state index is 13.3. The van der Waals surface area contributed by atoms with Crippen molar-refractivity contribution >= 4 is 11.6 Å². The third-order valence-electron chi connectivity index (χ3n) is 3.05. The van der Waals surface area contributed by atoms with Gasteiger partial charge >= 0.3 is 0 Å². The standard InChI is InChI=1S/C14H21ClFN/c1-10-7-11(12(15)8-13(10)16)5-6-14(2,3)9-17-4/h7-8,17H,5-6,9H2,1-4H3. The van der Waals surface area contributed by atoms with Crippen LogP contribution in [-0.2, 0) is 6.42 Å². The zero-order valence-electron chi connectivity index (χ0n) is 11.0. The maximum Gasteiger partial charge on any atom is 0.127 e. The largest absolute Gasteiger partial charge is 0.319 e. The van der Waals surface area contributed by atoms with E-state index in [2.05, 4.69) is 19.2 Å². The number of aryl methyl sites for hydroxylation is 2. The van der Waals surface area contributed by atoms with E-state index in [-0.39, 0.29) is 11.2 Å². The van der Waals surface area contributed by atoms with Crippen molar-refractivity contribution in [3.63, 3.8) is 0 Å². The van der Waals surface area contributed by atoms with Crippen molar-refractivity contribution in [2.75, 3.05) is 13.6 Å². The number of hydrogen-bond donors (Lipinski definition) is 1. The van der Waals surface area contributed by atoms with E-state index in [4.69, 9.17) is 11.6 Å². The first-order valence-electron chi connectivity index (χ1n) is 5.95. The number of rotatable bonds is 5. The lowest BCUT2D eigenvalue weighted by Crippen LogP contribution is -2.27. The molecule has 0 spiro atoms. The van der Waals surface area contributed by atoms with Crippen molar-refractivity contribution in [3.05, 3.63) is 34.1 Å². The van der Waals surface area contributed by atoms with Gasteiger partial charge in [0, 0.05) is 5.02 Å². The molecule has 0 amide bonds. The lowest BCUT2D eigenvalue weighted by molar-refractivity contribution is 0.324. The molecule has 1 rings (SSSR count). The Kier molecular flexibility index (Phi) is 4.96. The number of hydrogen-bond acceptors (Lipinski definition) is 1. The molecule has 0 fully saturated rings. The predicted molar refractivity (Wildman–Crippen MR) is 72.2 cm³/mol. The van der Waals surface area contributed by atoms with Crippen molar-refractivity contribution < 1.29 is 4.39 Å². The average Bonchev–Trinajstić information content (AvgIpc) is 2.21. The Bertz CT molecular complexity index is 388.